The molecule has 0 spiro atoms. The van der Waals surface area contributed by atoms with Crippen LogP contribution in [0.4, 0.5) is 5.69 Å². The first-order valence-electron chi connectivity index (χ1n) is 6.46. The predicted octanol–water partition coefficient (Wildman–Crippen LogP) is 2.11. The maximum atomic E-state index is 12.2. The van der Waals surface area contributed by atoms with Crippen LogP contribution in [0.25, 0.3) is 0 Å². The van der Waals surface area contributed by atoms with Crippen LogP contribution in [0.1, 0.15) is 19.3 Å². The second kappa shape index (κ2) is 4.89. The maximum absolute atomic E-state index is 12.2. The summed E-state index contributed by atoms with van der Waals surface area (Å²) in [5.74, 6) is -0.102. The molecule has 3 rings (SSSR count). The molecule has 1 saturated carbocycles. The molecule has 1 aromatic carbocycles. The molecule has 1 aliphatic heterocycles. The Morgan fingerprint density at radius 3 is 2.68 bits per heavy atom. The van der Waals surface area contributed by atoms with E-state index in [0.717, 1.165) is 23.4 Å². The zero-order chi connectivity index (χ0) is 13.4. The highest BCUT2D eigenvalue weighted by atomic mass is 32.2. The molecular formula is C14H16N2O2S. The monoisotopic (exact) mass is 276 g/mol. The molecule has 2 amide bonds. The van der Waals surface area contributed by atoms with E-state index in [0.29, 0.717) is 0 Å². The van der Waals surface area contributed by atoms with Crippen molar-refractivity contribution in [2.24, 2.45) is 0 Å². The third kappa shape index (κ3) is 2.34. The van der Waals surface area contributed by atoms with Crippen LogP contribution in [-0.4, -0.2) is 35.1 Å². The van der Waals surface area contributed by atoms with Gasteiger partial charge in [-0.25, -0.2) is 0 Å². The fourth-order valence-electron chi connectivity index (χ4n) is 2.43. The number of carbonyl (C=O) groups is 2. The third-order valence-electron chi connectivity index (χ3n) is 3.53. The summed E-state index contributed by atoms with van der Waals surface area (Å²) in [6, 6.07) is 7.62. The van der Waals surface area contributed by atoms with Gasteiger partial charge in [-0.15, -0.1) is 11.8 Å². The summed E-state index contributed by atoms with van der Waals surface area (Å²) in [6.45, 7) is 0. The van der Waals surface area contributed by atoms with E-state index in [2.05, 4.69) is 5.32 Å². The van der Waals surface area contributed by atoms with Crippen LogP contribution in [0.2, 0.25) is 0 Å². The molecule has 100 valence electrons. The van der Waals surface area contributed by atoms with Crippen LogP contribution in [0.15, 0.2) is 29.2 Å². The SMILES string of the molecule is CSc1ccccc1NC1CC(=O)N(C2CC2)C1=O. The van der Waals surface area contributed by atoms with Crippen LogP contribution in [0, 0.1) is 0 Å². The summed E-state index contributed by atoms with van der Waals surface area (Å²) < 4.78 is 0. The average Bonchev–Trinajstić information content (AvgIpc) is 3.19. The van der Waals surface area contributed by atoms with E-state index in [1.54, 1.807) is 11.8 Å². The summed E-state index contributed by atoms with van der Waals surface area (Å²) in [5.41, 5.74) is 0.929. The highest BCUT2D eigenvalue weighted by molar-refractivity contribution is 7.98. The topological polar surface area (TPSA) is 49.4 Å². The highest BCUT2D eigenvalue weighted by Gasteiger charge is 2.46. The molecule has 1 aliphatic carbocycles. The summed E-state index contributed by atoms with van der Waals surface area (Å²) in [7, 11) is 0. The molecule has 1 heterocycles. The van der Waals surface area contributed by atoms with Crippen LogP contribution >= 0.6 is 11.8 Å². The number of nitrogens with zero attached hydrogens (tertiary/aromatic N) is 1. The van der Waals surface area contributed by atoms with Gasteiger partial charge in [-0.2, -0.15) is 0 Å². The van der Waals surface area contributed by atoms with Gasteiger partial charge in [0.15, 0.2) is 0 Å². The number of para-hydroxylation sites is 1. The van der Waals surface area contributed by atoms with Crippen molar-refractivity contribution >= 4 is 29.3 Å². The van der Waals surface area contributed by atoms with Gasteiger partial charge in [-0.3, -0.25) is 14.5 Å². The predicted molar refractivity (Wildman–Crippen MR) is 75.1 cm³/mol. The molecule has 2 aliphatic rings. The first-order chi connectivity index (χ1) is 9.20. The van der Waals surface area contributed by atoms with Crippen LogP contribution < -0.4 is 5.32 Å². The van der Waals surface area contributed by atoms with Crippen molar-refractivity contribution in [2.75, 3.05) is 11.6 Å². The van der Waals surface area contributed by atoms with E-state index >= 15 is 0 Å². The number of hydrogen-bond acceptors (Lipinski definition) is 4. The number of rotatable bonds is 4. The lowest BCUT2D eigenvalue weighted by Crippen LogP contribution is -2.36. The Labute approximate surface area is 116 Å². The number of thioether (sulfide) groups is 1. The van der Waals surface area contributed by atoms with Crippen molar-refractivity contribution in [3.63, 3.8) is 0 Å². The molecule has 1 atom stereocenters. The van der Waals surface area contributed by atoms with Gasteiger partial charge in [0.1, 0.15) is 6.04 Å². The molecule has 1 aromatic rings. The molecule has 19 heavy (non-hydrogen) atoms. The highest BCUT2D eigenvalue weighted by Crippen LogP contribution is 2.33. The summed E-state index contributed by atoms with van der Waals surface area (Å²) in [4.78, 5) is 26.7. The number of likely N-dealkylation sites (tertiary alicyclic amines) is 1. The second-order valence-corrected chi connectivity index (χ2v) is 5.78. The van der Waals surface area contributed by atoms with E-state index in [-0.39, 0.29) is 24.3 Å². The Kier molecular flexibility index (Phi) is 3.22. The molecule has 1 unspecified atom stereocenters. The molecule has 0 bridgehead atoms. The summed E-state index contributed by atoms with van der Waals surface area (Å²) in [6.07, 6.45) is 4.20. The van der Waals surface area contributed by atoms with Gasteiger partial charge in [0.25, 0.3) is 5.91 Å². The second-order valence-electron chi connectivity index (χ2n) is 4.93. The molecule has 5 heteroatoms. The van der Waals surface area contributed by atoms with Crippen LogP contribution in [0.3, 0.4) is 0 Å². The lowest BCUT2D eigenvalue weighted by molar-refractivity contribution is -0.139. The minimum Gasteiger partial charge on any atom is -0.372 e. The van der Waals surface area contributed by atoms with E-state index < -0.39 is 6.04 Å². The number of imide groups is 1. The van der Waals surface area contributed by atoms with E-state index in [4.69, 9.17) is 0 Å². The molecule has 1 saturated heterocycles. The molecule has 4 nitrogen and oxygen atoms in total. The van der Waals surface area contributed by atoms with E-state index in [9.17, 15) is 9.59 Å². The van der Waals surface area contributed by atoms with Gasteiger partial charge < -0.3 is 5.32 Å². The Hall–Kier alpha value is -1.49. The van der Waals surface area contributed by atoms with Crippen molar-refractivity contribution < 1.29 is 9.59 Å². The number of hydrogen-bond donors (Lipinski definition) is 1. The average molecular weight is 276 g/mol. The van der Waals surface area contributed by atoms with E-state index in [1.807, 2.05) is 30.5 Å². The summed E-state index contributed by atoms with van der Waals surface area (Å²) in [5, 5.41) is 3.22. The molecule has 0 aromatic heterocycles. The zero-order valence-corrected chi connectivity index (χ0v) is 11.6. The Balaban J connectivity index is 1.77. The van der Waals surface area contributed by atoms with Crippen molar-refractivity contribution in [3.8, 4) is 0 Å². The number of benzene rings is 1. The Morgan fingerprint density at radius 1 is 1.26 bits per heavy atom. The van der Waals surface area contributed by atoms with Gasteiger partial charge in [0.2, 0.25) is 5.91 Å². The third-order valence-corrected chi connectivity index (χ3v) is 4.33. The number of carbonyl (C=O) groups excluding carboxylic acids is 2. The molecular weight excluding hydrogens is 260 g/mol. The van der Waals surface area contributed by atoms with Gasteiger partial charge >= 0.3 is 0 Å². The standard InChI is InChI=1S/C14H16N2O2S/c1-19-12-5-3-2-4-10(12)15-11-8-13(17)16(14(11)18)9-6-7-9/h2-5,9,11,15H,6-8H2,1H3. The lowest BCUT2D eigenvalue weighted by Gasteiger charge is -2.16. The number of amides is 2. The lowest BCUT2D eigenvalue weighted by atomic mass is 10.2. The van der Waals surface area contributed by atoms with Crippen molar-refractivity contribution in [1.82, 2.24) is 4.90 Å². The fourth-order valence-corrected chi connectivity index (χ4v) is 2.99. The van der Waals surface area contributed by atoms with Crippen molar-refractivity contribution in [2.45, 2.75) is 36.2 Å². The quantitative estimate of drug-likeness (QED) is 0.676. The molecule has 1 N–H and O–H groups in total. The Bertz CT molecular complexity index is 528. The zero-order valence-electron chi connectivity index (χ0n) is 10.8. The number of anilines is 1. The maximum Gasteiger partial charge on any atom is 0.252 e. The first kappa shape index (κ1) is 12.5. The Morgan fingerprint density at radius 2 is 2.00 bits per heavy atom. The number of nitrogens with one attached hydrogen (secondary N) is 1. The van der Waals surface area contributed by atoms with E-state index in [1.165, 1.54) is 4.90 Å². The van der Waals surface area contributed by atoms with Crippen molar-refractivity contribution in [3.05, 3.63) is 24.3 Å². The minimum atomic E-state index is -0.401. The normalized spacial score (nSPS) is 23.0. The minimum absolute atomic E-state index is 0.0355. The van der Waals surface area contributed by atoms with Gasteiger partial charge in [0, 0.05) is 16.6 Å². The van der Waals surface area contributed by atoms with Crippen molar-refractivity contribution in [1.29, 1.82) is 0 Å². The van der Waals surface area contributed by atoms with Gasteiger partial charge in [0.05, 0.1) is 6.42 Å². The smallest absolute Gasteiger partial charge is 0.252 e. The molecule has 0 radical (unpaired) electrons. The fraction of sp³-hybridized carbons (Fsp3) is 0.429. The summed E-state index contributed by atoms with van der Waals surface area (Å²) >= 11 is 1.63. The largest absolute Gasteiger partial charge is 0.372 e. The first-order valence-corrected chi connectivity index (χ1v) is 7.68. The van der Waals surface area contributed by atoms with Gasteiger partial charge in [-0.1, -0.05) is 12.1 Å². The van der Waals surface area contributed by atoms with Crippen LogP contribution in [0.5, 0.6) is 0 Å². The molecule has 2 fully saturated rings. The van der Waals surface area contributed by atoms with Gasteiger partial charge in [-0.05, 0) is 31.2 Å². The van der Waals surface area contributed by atoms with Crippen LogP contribution in [-0.2, 0) is 9.59 Å².